The van der Waals surface area contributed by atoms with Crippen LogP contribution in [0.15, 0.2) is 28.9 Å². The summed E-state index contributed by atoms with van der Waals surface area (Å²) in [5, 5.41) is 8.92. The van der Waals surface area contributed by atoms with Crippen LogP contribution in [0.1, 0.15) is 54.1 Å². The number of hydrogen-bond donors (Lipinski definition) is 1. The van der Waals surface area contributed by atoms with Crippen molar-refractivity contribution in [2.45, 2.75) is 44.7 Å². The molecule has 2 unspecified atom stereocenters. The summed E-state index contributed by atoms with van der Waals surface area (Å²) in [7, 11) is 0. The van der Waals surface area contributed by atoms with Crippen molar-refractivity contribution >= 4 is 11.8 Å². The number of furan rings is 1. The maximum atomic E-state index is 10.9. The van der Waals surface area contributed by atoms with Gasteiger partial charge in [-0.25, -0.2) is 14.8 Å². The third-order valence-electron chi connectivity index (χ3n) is 4.62. The first kappa shape index (κ1) is 14.2. The molecule has 2 saturated carbocycles. The molecule has 2 aromatic heterocycles. The van der Waals surface area contributed by atoms with Crippen LogP contribution < -0.4 is 4.90 Å². The largest absolute Gasteiger partial charge is 0.476 e. The Labute approximate surface area is 134 Å². The van der Waals surface area contributed by atoms with Crippen molar-refractivity contribution in [1.82, 2.24) is 9.97 Å². The SMILES string of the molecule is CC1CC1c1ccc(CN(c2cnc(C(=O)O)cn2)C2CC2)o1. The van der Waals surface area contributed by atoms with E-state index in [0.29, 0.717) is 24.3 Å². The molecule has 0 aromatic carbocycles. The summed E-state index contributed by atoms with van der Waals surface area (Å²) in [6, 6.07) is 4.55. The Morgan fingerprint density at radius 3 is 2.70 bits per heavy atom. The highest BCUT2D eigenvalue weighted by atomic mass is 16.4. The van der Waals surface area contributed by atoms with E-state index in [-0.39, 0.29) is 5.69 Å². The van der Waals surface area contributed by atoms with E-state index < -0.39 is 5.97 Å². The van der Waals surface area contributed by atoms with Crippen molar-refractivity contribution in [3.8, 4) is 0 Å². The van der Waals surface area contributed by atoms with Gasteiger partial charge in [0.05, 0.1) is 18.9 Å². The highest BCUT2D eigenvalue weighted by Gasteiger charge is 2.37. The fourth-order valence-corrected chi connectivity index (χ4v) is 2.93. The summed E-state index contributed by atoms with van der Waals surface area (Å²) in [6.07, 6.45) is 6.30. The molecule has 1 N–H and O–H groups in total. The van der Waals surface area contributed by atoms with Crippen LogP contribution in [-0.2, 0) is 6.54 Å². The predicted molar refractivity (Wildman–Crippen MR) is 83.4 cm³/mol. The lowest BCUT2D eigenvalue weighted by Gasteiger charge is -2.21. The molecule has 0 saturated heterocycles. The number of aromatic carboxylic acids is 1. The van der Waals surface area contributed by atoms with Gasteiger partial charge in [0.1, 0.15) is 17.3 Å². The van der Waals surface area contributed by atoms with E-state index in [1.807, 2.05) is 6.07 Å². The van der Waals surface area contributed by atoms with Gasteiger partial charge in [-0.1, -0.05) is 6.92 Å². The van der Waals surface area contributed by atoms with Gasteiger partial charge in [0.2, 0.25) is 0 Å². The van der Waals surface area contributed by atoms with Gasteiger partial charge in [0.25, 0.3) is 0 Å². The second-order valence-corrected chi connectivity index (χ2v) is 6.55. The first-order valence-corrected chi connectivity index (χ1v) is 8.02. The first-order chi connectivity index (χ1) is 11.1. The van der Waals surface area contributed by atoms with Crippen molar-refractivity contribution in [2.24, 2.45) is 5.92 Å². The number of anilines is 1. The van der Waals surface area contributed by atoms with E-state index in [1.165, 1.54) is 18.8 Å². The zero-order valence-electron chi connectivity index (χ0n) is 13.0. The van der Waals surface area contributed by atoms with Crippen LogP contribution in [-0.4, -0.2) is 27.1 Å². The van der Waals surface area contributed by atoms with Gasteiger partial charge in [-0.2, -0.15) is 0 Å². The number of rotatable bonds is 6. The van der Waals surface area contributed by atoms with Crippen LogP contribution in [0.4, 0.5) is 5.82 Å². The van der Waals surface area contributed by atoms with Crippen LogP contribution in [0.2, 0.25) is 0 Å². The highest BCUT2D eigenvalue weighted by molar-refractivity contribution is 5.84. The highest BCUT2D eigenvalue weighted by Crippen LogP contribution is 2.47. The van der Waals surface area contributed by atoms with Crippen LogP contribution >= 0.6 is 0 Å². The molecule has 0 radical (unpaired) electrons. The fourth-order valence-electron chi connectivity index (χ4n) is 2.93. The lowest BCUT2D eigenvalue weighted by atomic mass is 10.3. The van der Waals surface area contributed by atoms with Crippen LogP contribution in [0.3, 0.4) is 0 Å². The van der Waals surface area contributed by atoms with E-state index in [4.69, 9.17) is 9.52 Å². The quantitative estimate of drug-likeness (QED) is 0.883. The van der Waals surface area contributed by atoms with Gasteiger partial charge in [0, 0.05) is 12.0 Å². The Hall–Kier alpha value is -2.37. The Bertz CT molecular complexity index is 721. The topological polar surface area (TPSA) is 79.5 Å². The van der Waals surface area contributed by atoms with Gasteiger partial charge in [-0.05, 0) is 37.3 Å². The molecule has 6 nitrogen and oxygen atoms in total. The summed E-state index contributed by atoms with van der Waals surface area (Å²) < 4.78 is 5.99. The van der Waals surface area contributed by atoms with E-state index >= 15 is 0 Å². The molecule has 0 amide bonds. The second-order valence-electron chi connectivity index (χ2n) is 6.55. The molecule has 0 spiro atoms. The third kappa shape index (κ3) is 2.93. The Morgan fingerprint density at radius 1 is 1.35 bits per heavy atom. The Balaban J connectivity index is 1.51. The minimum Gasteiger partial charge on any atom is -0.476 e. The van der Waals surface area contributed by atoms with Crippen molar-refractivity contribution in [2.75, 3.05) is 4.90 Å². The van der Waals surface area contributed by atoms with Gasteiger partial charge in [0.15, 0.2) is 5.69 Å². The molecule has 23 heavy (non-hydrogen) atoms. The average molecular weight is 313 g/mol. The van der Waals surface area contributed by atoms with Gasteiger partial charge in [-0.3, -0.25) is 0 Å². The monoisotopic (exact) mass is 313 g/mol. The molecular weight excluding hydrogens is 294 g/mol. The molecule has 2 aromatic rings. The van der Waals surface area contributed by atoms with Crippen molar-refractivity contribution < 1.29 is 14.3 Å². The van der Waals surface area contributed by atoms with E-state index in [0.717, 1.165) is 30.3 Å². The van der Waals surface area contributed by atoms with Gasteiger partial charge in [-0.15, -0.1) is 0 Å². The van der Waals surface area contributed by atoms with Gasteiger partial charge >= 0.3 is 5.97 Å². The molecule has 0 aliphatic heterocycles. The van der Waals surface area contributed by atoms with Crippen molar-refractivity contribution in [3.05, 3.63) is 41.7 Å². The summed E-state index contributed by atoms with van der Waals surface area (Å²) >= 11 is 0. The number of nitrogens with zero attached hydrogens (tertiary/aromatic N) is 3. The van der Waals surface area contributed by atoms with Crippen molar-refractivity contribution in [3.63, 3.8) is 0 Å². The lowest BCUT2D eigenvalue weighted by Crippen LogP contribution is -2.26. The molecular formula is C17H19N3O3. The van der Waals surface area contributed by atoms with Crippen LogP contribution in [0, 0.1) is 5.92 Å². The molecule has 120 valence electrons. The Kier molecular flexibility index (Phi) is 3.32. The lowest BCUT2D eigenvalue weighted by molar-refractivity contribution is 0.0690. The molecule has 4 rings (SSSR count). The molecule has 2 aliphatic carbocycles. The fraction of sp³-hybridized carbons (Fsp3) is 0.471. The Morgan fingerprint density at radius 2 is 2.13 bits per heavy atom. The maximum absolute atomic E-state index is 10.9. The van der Waals surface area contributed by atoms with E-state index in [9.17, 15) is 4.79 Å². The third-order valence-corrected chi connectivity index (χ3v) is 4.62. The number of carbonyl (C=O) groups is 1. The molecule has 0 bridgehead atoms. The van der Waals surface area contributed by atoms with Crippen LogP contribution in [0.5, 0.6) is 0 Å². The van der Waals surface area contributed by atoms with Crippen LogP contribution in [0.25, 0.3) is 0 Å². The number of carboxylic acids is 1. The average Bonchev–Trinajstić information content (AvgIpc) is 3.46. The molecule has 2 atom stereocenters. The number of hydrogen-bond acceptors (Lipinski definition) is 5. The van der Waals surface area contributed by atoms with E-state index in [1.54, 1.807) is 0 Å². The first-order valence-electron chi connectivity index (χ1n) is 8.02. The minimum absolute atomic E-state index is 0.0347. The smallest absolute Gasteiger partial charge is 0.356 e. The molecule has 6 heteroatoms. The second kappa shape index (κ2) is 5.37. The zero-order chi connectivity index (χ0) is 16.0. The van der Waals surface area contributed by atoms with E-state index in [2.05, 4.69) is 27.9 Å². The molecule has 2 fully saturated rings. The zero-order valence-corrected chi connectivity index (χ0v) is 13.0. The number of carboxylic acid groups (broad SMARTS) is 1. The van der Waals surface area contributed by atoms with Crippen molar-refractivity contribution in [1.29, 1.82) is 0 Å². The normalized spacial score (nSPS) is 22.8. The molecule has 2 heterocycles. The molecule has 2 aliphatic rings. The van der Waals surface area contributed by atoms with Gasteiger partial charge < -0.3 is 14.4 Å². The summed E-state index contributed by atoms with van der Waals surface area (Å²) in [5.41, 5.74) is -0.0347. The maximum Gasteiger partial charge on any atom is 0.356 e. The predicted octanol–water partition coefficient (Wildman–Crippen LogP) is 3.06. The summed E-state index contributed by atoms with van der Waals surface area (Å²) in [6.45, 7) is 2.88. The number of aromatic nitrogens is 2. The summed E-state index contributed by atoms with van der Waals surface area (Å²) in [5.74, 6) is 2.95. The standard InChI is InChI=1S/C17H19N3O3/c1-10-6-13(10)15-5-4-12(23-15)9-20(11-2-3-11)16-8-18-14(7-19-16)17(21)22/h4-5,7-8,10-11,13H,2-3,6,9H2,1H3,(H,21,22). The summed E-state index contributed by atoms with van der Waals surface area (Å²) in [4.78, 5) is 21.3. The minimum atomic E-state index is -1.06.